The second kappa shape index (κ2) is 13.6. The summed E-state index contributed by atoms with van der Waals surface area (Å²) in [5.74, 6) is -0.755. The van der Waals surface area contributed by atoms with E-state index in [-0.39, 0.29) is 25.6 Å². The molecule has 0 atom stereocenters. The van der Waals surface area contributed by atoms with Gasteiger partial charge in [-0.1, -0.05) is 6.58 Å². The van der Waals surface area contributed by atoms with Crippen LogP contribution in [0.1, 0.15) is 32.6 Å². The van der Waals surface area contributed by atoms with E-state index in [9.17, 15) is 9.59 Å². The van der Waals surface area contributed by atoms with Crippen molar-refractivity contribution in [2.75, 3.05) is 40.1 Å². The van der Waals surface area contributed by atoms with Gasteiger partial charge in [-0.05, 0) is 26.2 Å². The Morgan fingerprint density at radius 2 is 1.62 bits per heavy atom. The number of rotatable bonds is 13. The molecule has 21 heavy (non-hydrogen) atoms. The van der Waals surface area contributed by atoms with Crippen molar-refractivity contribution < 1.29 is 28.5 Å². The summed E-state index contributed by atoms with van der Waals surface area (Å²) in [5.41, 5.74) is 0.347. The number of esters is 2. The number of hydrogen-bond acceptors (Lipinski definition) is 6. The predicted molar refractivity (Wildman–Crippen MR) is 77.9 cm³/mol. The molecule has 0 saturated carbocycles. The van der Waals surface area contributed by atoms with Crippen LogP contribution in [-0.2, 0) is 28.5 Å². The maximum Gasteiger partial charge on any atom is 0.333 e. The second-order valence-electron chi connectivity index (χ2n) is 4.55. The van der Waals surface area contributed by atoms with Crippen LogP contribution in [0.15, 0.2) is 12.2 Å². The van der Waals surface area contributed by atoms with Crippen LogP contribution in [0, 0.1) is 0 Å². The first-order chi connectivity index (χ1) is 10.1. The van der Waals surface area contributed by atoms with Crippen molar-refractivity contribution in [3.05, 3.63) is 12.2 Å². The highest BCUT2D eigenvalue weighted by atomic mass is 16.6. The average Bonchev–Trinajstić information content (AvgIpc) is 2.46. The average molecular weight is 302 g/mol. The molecule has 0 aliphatic carbocycles. The maximum atomic E-state index is 11.3. The molecular weight excluding hydrogens is 276 g/mol. The normalized spacial score (nSPS) is 10.2. The fraction of sp³-hybridized carbons (Fsp3) is 0.733. The van der Waals surface area contributed by atoms with Gasteiger partial charge in [-0.15, -0.1) is 0 Å². The lowest BCUT2D eigenvalue weighted by atomic mass is 10.3. The summed E-state index contributed by atoms with van der Waals surface area (Å²) in [4.78, 5) is 22.4. The van der Waals surface area contributed by atoms with Gasteiger partial charge in [0.05, 0.1) is 13.2 Å². The molecule has 0 N–H and O–H groups in total. The number of unbranched alkanes of at least 4 members (excludes halogenated alkanes) is 1. The molecule has 0 radical (unpaired) electrons. The van der Waals surface area contributed by atoms with Crippen molar-refractivity contribution in [2.24, 2.45) is 0 Å². The molecule has 0 rings (SSSR count). The molecule has 0 aliphatic heterocycles. The van der Waals surface area contributed by atoms with Crippen LogP contribution in [0.25, 0.3) is 0 Å². The monoisotopic (exact) mass is 302 g/mol. The fourth-order valence-electron chi connectivity index (χ4n) is 1.34. The number of hydrogen-bond donors (Lipinski definition) is 0. The molecule has 0 amide bonds. The summed E-state index contributed by atoms with van der Waals surface area (Å²) in [6.45, 7) is 7.23. The Balaban J connectivity index is 3.31. The van der Waals surface area contributed by atoms with Crippen molar-refractivity contribution >= 4 is 11.9 Å². The van der Waals surface area contributed by atoms with E-state index in [1.54, 1.807) is 14.0 Å². The highest BCUT2D eigenvalue weighted by Gasteiger charge is 2.05. The smallest absolute Gasteiger partial charge is 0.333 e. The third kappa shape index (κ3) is 13.3. The van der Waals surface area contributed by atoms with Crippen LogP contribution in [0.4, 0.5) is 0 Å². The summed E-state index contributed by atoms with van der Waals surface area (Å²) in [5, 5.41) is 0. The number of methoxy groups -OCH3 is 1. The lowest BCUT2D eigenvalue weighted by Gasteiger charge is -2.06. The van der Waals surface area contributed by atoms with Gasteiger partial charge in [0.2, 0.25) is 0 Å². The van der Waals surface area contributed by atoms with Crippen molar-refractivity contribution in [1.29, 1.82) is 0 Å². The Labute approximate surface area is 126 Å². The molecule has 0 unspecified atom stereocenters. The van der Waals surface area contributed by atoms with E-state index in [0.717, 1.165) is 19.4 Å². The quantitative estimate of drug-likeness (QED) is 0.294. The fourth-order valence-corrected chi connectivity index (χ4v) is 1.34. The number of ether oxygens (including phenoxy) is 4. The first kappa shape index (κ1) is 19.6. The molecule has 0 aromatic rings. The Morgan fingerprint density at radius 3 is 2.29 bits per heavy atom. The molecule has 0 fully saturated rings. The van der Waals surface area contributed by atoms with Crippen LogP contribution in [-0.4, -0.2) is 52.1 Å². The van der Waals surface area contributed by atoms with Gasteiger partial charge in [0, 0.05) is 32.3 Å². The molecular formula is C15H26O6. The van der Waals surface area contributed by atoms with E-state index in [0.29, 0.717) is 25.2 Å². The Bertz CT molecular complexity index is 313. The summed E-state index contributed by atoms with van der Waals surface area (Å²) in [7, 11) is 1.67. The Kier molecular flexibility index (Phi) is 12.7. The topological polar surface area (TPSA) is 71.1 Å². The molecule has 0 aliphatic rings. The minimum absolute atomic E-state index is 0.191. The first-order valence-electron chi connectivity index (χ1n) is 7.13. The second-order valence-corrected chi connectivity index (χ2v) is 4.55. The lowest BCUT2D eigenvalue weighted by Crippen LogP contribution is -2.12. The van der Waals surface area contributed by atoms with E-state index in [4.69, 9.17) is 18.9 Å². The Hall–Kier alpha value is -1.40. The zero-order chi connectivity index (χ0) is 15.9. The summed E-state index contributed by atoms with van der Waals surface area (Å²) in [6, 6.07) is 0. The summed E-state index contributed by atoms with van der Waals surface area (Å²) >= 11 is 0. The van der Waals surface area contributed by atoms with E-state index >= 15 is 0 Å². The van der Waals surface area contributed by atoms with Gasteiger partial charge in [-0.25, -0.2) is 4.79 Å². The minimum atomic E-state index is -0.440. The van der Waals surface area contributed by atoms with Crippen LogP contribution in [0.5, 0.6) is 0 Å². The van der Waals surface area contributed by atoms with Gasteiger partial charge in [-0.2, -0.15) is 0 Å². The third-order valence-corrected chi connectivity index (χ3v) is 2.48. The minimum Gasteiger partial charge on any atom is -0.463 e. The molecule has 0 bridgehead atoms. The molecule has 0 aromatic heterocycles. The van der Waals surface area contributed by atoms with Gasteiger partial charge >= 0.3 is 11.9 Å². The predicted octanol–water partition coefficient (Wildman–Crippen LogP) is 1.87. The number of carbonyl (C=O) groups excluding carboxylic acids is 2. The molecule has 6 nitrogen and oxygen atoms in total. The van der Waals surface area contributed by atoms with E-state index in [2.05, 4.69) is 6.58 Å². The summed E-state index contributed by atoms with van der Waals surface area (Å²) < 4.78 is 20.1. The van der Waals surface area contributed by atoms with Crippen molar-refractivity contribution in [1.82, 2.24) is 0 Å². The van der Waals surface area contributed by atoms with Crippen molar-refractivity contribution in [2.45, 2.75) is 32.6 Å². The largest absolute Gasteiger partial charge is 0.463 e. The van der Waals surface area contributed by atoms with Crippen molar-refractivity contribution in [3.8, 4) is 0 Å². The van der Waals surface area contributed by atoms with Crippen LogP contribution in [0.2, 0.25) is 0 Å². The van der Waals surface area contributed by atoms with Crippen LogP contribution in [0.3, 0.4) is 0 Å². The highest BCUT2D eigenvalue weighted by molar-refractivity contribution is 5.86. The molecule has 122 valence electrons. The van der Waals surface area contributed by atoms with Crippen LogP contribution < -0.4 is 0 Å². The molecule has 0 aromatic carbocycles. The standard InChI is InChI=1S/C15H26O6/c1-13(2)15(17)21-10-6-7-14(16)20-12-11-19-9-5-4-8-18-3/h1,4-12H2,2-3H3. The van der Waals surface area contributed by atoms with Gasteiger partial charge in [0.25, 0.3) is 0 Å². The zero-order valence-corrected chi connectivity index (χ0v) is 13.0. The highest BCUT2D eigenvalue weighted by Crippen LogP contribution is 1.98. The zero-order valence-electron chi connectivity index (χ0n) is 13.0. The van der Waals surface area contributed by atoms with Gasteiger partial charge in [0.1, 0.15) is 6.61 Å². The third-order valence-electron chi connectivity index (χ3n) is 2.48. The van der Waals surface area contributed by atoms with E-state index in [1.165, 1.54) is 0 Å². The Morgan fingerprint density at radius 1 is 0.905 bits per heavy atom. The molecule has 0 spiro atoms. The summed E-state index contributed by atoms with van der Waals surface area (Å²) in [6.07, 6.45) is 2.54. The van der Waals surface area contributed by atoms with E-state index in [1.807, 2.05) is 0 Å². The number of carbonyl (C=O) groups is 2. The van der Waals surface area contributed by atoms with Crippen LogP contribution >= 0.6 is 0 Å². The maximum absolute atomic E-state index is 11.3. The van der Waals surface area contributed by atoms with Crippen molar-refractivity contribution in [3.63, 3.8) is 0 Å². The molecule has 0 saturated heterocycles. The van der Waals surface area contributed by atoms with Gasteiger partial charge < -0.3 is 18.9 Å². The van der Waals surface area contributed by atoms with E-state index < -0.39 is 5.97 Å². The van der Waals surface area contributed by atoms with Gasteiger partial charge in [-0.3, -0.25) is 4.79 Å². The molecule has 0 heterocycles. The van der Waals surface area contributed by atoms with Gasteiger partial charge in [0.15, 0.2) is 0 Å². The first-order valence-corrected chi connectivity index (χ1v) is 7.13. The lowest BCUT2D eigenvalue weighted by molar-refractivity contribution is -0.147. The SMILES string of the molecule is C=C(C)C(=O)OCCCC(=O)OCCOCCCCOC. The molecule has 6 heteroatoms.